The molecule has 10 atom stereocenters. The molecule has 0 radical (unpaired) electrons. The van der Waals surface area contributed by atoms with Crippen LogP contribution >= 0.6 is 0 Å². The van der Waals surface area contributed by atoms with E-state index in [-0.39, 0.29) is 23.7 Å². The first kappa shape index (κ1) is 22.8. The lowest BCUT2D eigenvalue weighted by atomic mass is 9.46. The number of fused-ring (bicyclic) bond motifs is 5. The fourth-order valence-corrected chi connectivity index (χ4v) is 8.62. The topological polar surface area (TPSA) is 66.5 Å². The lowest BCUT2D eigenvalue weighted by molar-refractivity contribution is -0.0931. The average Bonchev–Trinajstić information content (AvgIpc) is 3.04. The lowest BCUT2D eigenvalue weighted by Gasteiger charge is -2.59. The van der Waals surface area contributed by atoms with Crippen molar-refractivity contribution in [3.05, 3.63) is 11.6 Å². The molecule has 0 heterocycles. The molecule has 3 saturated carbocycles. The normalized spacial score (nSPS) is 47.8. The predicted octanol–water partition coefficient (Wildman–Crippen LogP) is 5.30. The first-order chi connectivity index (χ1) is 14.1. The Morgan fingerprint density at radius 2 is 1.77 bits per heavy atom. The van der Waals surface area contributed by atoms with E-state index in [1.165, 1.54) is 37.7 Å². The van der Waals surface area contributed by atoms with Gasteiger partial charge in [0.15, 0.2) is 0 Å². The molecule has 30 heavy (non-hydrogen) atoms. The first-order valence-corrected chi connectivity index (χ1v) is 12.9. The van der Waals surface area contributed by atoms with Crippen LogP contribution in [0.5, 0.6) is 0 Å². The van der Waals surface area contributed by atoms with Crippen molar-refractivity contribution in [3.63, 3.8) is 0 Å². The molecule has 0 aromatic rings. The van der Waals surface area contributed by atoms with Crippen molar-refractivity contribution in [2.75, 3.05) is 0 Å². The number of aliphatic hydroxyl groups excluding tert-OH is 2. The summed E-state index contributed by atoms with van der Waals surface area (Å²) >= 11 is 0. The van der Waals surface area contributed by atoms with Gasteiger partial charge in [0.2, 0.25) is 0 Å². The number of hydrogen-bond acceptors (Lipinski definition) is 3. The fourth-order valence-electron chi connectivity index (χ4n) is 8.62. The van der Waals surface area contributed by atoms with Gasteiger partial charge in [-0.3, -0.25) is 0 Å². The van der Waals surface area contributed by atoms with Gasteiger partial charge < -0.3 is 15.9 Å². The molecule has 0 aromatic heterocycles. The van der Waals surface area contributed by atoms with Gasteiger partial charge in [0.05, 0.1) is 12.2 Å². The Balaban J connectivity index is 1.53. The van der Waals surface area contributed by atoms with Crippen molar-refractivity contribution in [1.29, 1.82) is 0 Å². The van der Waals surface area contributed by atoms with E-state index in [0.717, 1.165) is 31.6 Å². The van der Waals surface area contributed by atoms with Gasteiger partial charge in [-0.15, -0.1) is 0 Å². The molecule has 4 rings (SSSR count). The molecule has 3 nitrogen and oxygen atoms in total. The molecular formula is C27H47NO2. The maximum Gasteiger partial charge on any atom is 0.0757 e. The first-order valence-electron chi connectivity index (χ1n) is 12.9. The van der Waals surface area contributed by atoms with Gasteiger partial charge >= 0.3 is 0 Å². The van der Waals surface area contributed by atoms with Crippen molar-refractivity contribution in [3.8, 4) is 0 Å². The van der Waals surface area contributed by atoms with E-state index in [9.17, 15) is 10.2 Å². The average molecular weight is 418 g/mol. The van der Waals surface area contributed by atoms with Crippen molar-refractivity contribution >= 4 is 0 Å². The molecule has 4 aliphatic carbocycles. The smallest absolute Gasteiger partial charge is 0.0757 e. The Morgan fingerprint density at radius 1 is 1.03 bits per heavy atom. The van der Waals surface area contributed by atoms with E-state index in [0.29, 0.717) is 35.0 Å². The van der Waals surface area contributed by atoms with Gasteiger partial charge in [0.25, 0.3) is 0 Å². The van der Waals surface area contributed by atoms with Gasteiger partial charge in [-0.1, -0.05) is 46.3 Å². The number of nitrogens with two attached hydrogens (primary N) is 1. The molecule has 0 amide bonds. The molecule has 3 unspecified atom stereocenters. The fraction of sp³-hybridized carbons (Fsp3) is 0.926. The molecule has 172 valence electrons. The molecular weight excluding hydrogens is 370 g/mol. The van der Waals surface area contributed by atoms with E-state index in [1.54, 1.807) is 0 Å². The molecule has 0 bridgehead atoms. The maximum absolute atomic E-state index is 11.3. The SMILES string of the molecule is CC(C)C(O)CC[C@@H](C)[C@H]1CC[C@H]2[C@@H]3C(O)C=C4CC(N)CC[C@]4(C)[C@H]3CC[C@]12C. The van der Waals surface area contributed by atoms with E-state index in [2.05, 4.69) is 40.7 Å². The van der Waals surface area contributed by atoms with E-state index >= 15 is 0 Å². The Kier molecular flexibility index (Phi) is 6.23. The highest BCUT2D eigenvalue weighted by atomic mass is 16.3. The number of aliphatic hydroxyl groups is 2. The van der Waals surface area contributed by atoms with Crippen LogP contribution in [-0.2, 0) is 0 Å². The zero-order valence-electron chi connectivity index (χ0n) is 20.1. The van der Waals surface area contributed by atoms with Crippen LogP contribution in [0.1, 0.15) is 92.4 Å². The molecule has 0 aliphatic heterocycles. The van der Waals surface area contributed by atoms with Crippen LogP contribution in [0.4, 0.5) is 0 Å². The van der Waals surface area contributed by atoms with Crippen LogP contribution in [0.3, 0.4) is 0 Å². The van der Waals surface area contributed by atoms with Crippen molar-refractivity contribution in [2.45, 2.75) is 111 Å². The van der Waals surface area contributed by atoms with Gasteiger partial charge in [-0.2, -0.15) is 0 Å². The molecule has 0 aromatic carbocycles. The summed E-state index contributed by atoms with van der Waals surface area (Å²) in [4.78, 5) is 0. The maximum atomic E-state index is 11.3. The lowest BCUT2D eigenvalue weighted by Crippen LogP contribution is -2.55. The third kappa shape index (κ3) is 3.61. The highest BCUT2D eigenvalue weighted by molar-refractivity contribution is 5.28. The summed E-state index contributed by atoms with van der Waals surface area (Å²) in [6.45, 7) is 11.7. The quantitative estimate of drug-likeness (QED) is 0.532. The third-order valence-electron chi connectivity index (χ3n) is 10.6. The highest BCUT2D eigenvalue weighted by Gasteiger charge is 2.61. The Bertz CT molecular complexity index is 659. The zero-order chi connectivity index (χ0) is 21.8. The summed E-state index contributed by atoms with van der Waals surface area (Å²) in [5, 5.41) is 21.6. The Morgan fingerprint density at radius 3 is 2.47 bits per heavy atom. The molecule has 4 aliphatic rings. The number of rotatable bonds is 5. The minimum absolute atomic E-state index is 0.172. The summed E-state index contributed by atoms with van der Waals surface area (Å²) in [6, 6.07) is 0.278. The minimum atomic E-state index is -0.287. The second kappa shape index (κ2) is 8.19. The molecule has 3 fully saturated rings. The third-order valence-corrected chi connectivity index (χ3v) is 10.6. The standard InChI is InChI=1S/C27H47NO2/c1-16(2)23(29)9-6-17(3)20-7-8-21-25-22(11-13-27(20,21)5)26(4)12-10-19(28)14-18(26)15-24(25)30/h15-17,19-25,29-30H,6-14,28H2,1-5H3/t17-,19?,20-,21+,22+,23?,24?,25+,26+,27-/m1/s1. The van der Waals surface area contributed by atoms with Gasteiger partial charge in [0.1, 0.15) is 0 Å². The van der Waals surface area contributed by atoms with E-state index < -0.39 is 0 Å². The van der Waals surface area contributed by atoms with E-state index in [4.69, 9.17) is 5.73 Å². The Labute approximate surface area is 184 Å². The largest absolute Gasteiger partial charge is 0.393 e. The van der Waals surface area contributed by atoms with Crippen LogP contribution in [0, 0.1) is 46.3 Å². The second-order valence-corrected chi connectivity index (χ2v) is 12.5. The highest BCUT2D eigenvalue weighted by Crippen LogP contribution is 2.67. The summed E-state index contributed by atoms with van der Waals surface area (Å²) in [5.74, 6) is 3.41. The Hall–Kier alpha value is -0.380. The van der Waals surface area contributed by atoms with E-state index in [1.807, 2.05) is 0 Å². The van der Waals surface area contributed by atoms with Crippen LogP contribution in [0.25, 0.3) is 0 Å². The molecule has 4 N–H and O–H groups in total. The second-order valence-electron chi connectivity index (χ2n) is 12.5. The van der Waals surface area contributed by atoms with Gasteiger partial charge in [-0.25, -0.2) is 0 Å². The van der Waals surface area contributed by atoms with Crippen LogP contribution in [0.15, 0.2) is 11.6 Å². The molecule has 0 spiro atoms. The van der Waals surface area contributed by atoms with Crippen LogP contribution < -0.4 is 5.73 Å². The van der Waals surface area contributed by atoms with Crippen LogP contribution in [0.2, 0.25) is 0 Å². The van der Waals surface area contributed by atoms with Crippen molar-refractivity contribution in [2.24, 2.45) is 52.1 Å². The van der Waals surface area contributed by atoms with Gasteiger partial charge in [0, 0.05) is 6.04 Å². The molecule has 0 saturated heterocycles. The summed E-state index contributed by atoms with van der Waals surface area (Å²) in [6.07, 6.45) is 12.3. The van der Waals surface area contributed by atoms with Gasteiger partial charge in [-0.05, 0) is 104 Å². The summed E-state index contributed by atoms with van der Waals surface area (Å²) < 4.78 is 0. The van der Waals surface area contributed by atoms with Crippen molar-refractivity contribution < 1.29 is 10.2 Å². The van der Waals surface area contributed by atoms with Crippen molar-refractivity contribution in [1.82, 2.24) is 0 Å². The monoisotopic (exact) mass is 417 g/mol. The molecule has 3 heteroatoms. The predicted molar refractivity (Wildman–Crippen MR) is 124 cm³/mol. The summed E-state index contributed by atoms with van der Waals surface area (Å²) in [7, 11) is 0. The van der Waals surface area contributed by atoms with Crippen LogP contribution in [-0.4, -0.2) is 28.5 Å². The zero-order valence-corrected chi connectivity index (χ0v) is 20.1. The number of hydrogen-bond donors (Lipinski definition) is 3. The minimum Gasteiger partial charge on any atom is -0.393 e. The summed E-state index contributed by atoms with van der Waals surface area (Å²) in [5.41, 5.74) is 8.36.